The largest absolute Gasteiger partial charge is 0.493 e. The first-order valence-electron chi connectivity index (χ1n) is 23.2. The second-order valence-electron chi connectivity index (χ2n) is 16.1. The van der Waals surface area contributed by atoms with Crippen LogP contribution >= 0.6 is 0 Å². The summed E-state index contributed by atoms with van der Waals surface area (Å²) in [6.45, 7) is 5.45. The molecule has 0 aliphatic carbocycles. The Balaban J connectivity index is 1.01. The van der Waals surface area contributed by atoms with Gasteiger partial charge in [-0.2, -0.15) is 0 Å². The molecule has 5 aromatic rings. The van der Waals surface area contributed by atoms with Gasteiger partial charge in [-0.25, -0.2) is 18.4 Å². The Morgan fingerprint density at radius 3 is 1.10 bits per heavy atom. The Morgan fingerprint density at radius 2 is 0.762 bits per heavy atom. The molecule has 1 aromatic heterocycles. The predicted octanol–water partition coefficient (Wildman–Crippen LogP) is 14.7. The van der Waals surface area contributed by atoms with Crippen LogP contribution in [0.2, 0.25) is 0 Å². The highest BCUT2D eigenvalue weighted by Crippen LogP contribution is 2.28. The van der Waals surface area contributed by atoms with Crippen LogP contribution in [0, 0.1) is 11.6 Å². The first-order valence-corrected chi connectivity index (χ1v) is 23.2. The Hall–Kier alpha value is -5.58. The molecule has 0 bridgehead atoms. The monoisotopic (exact) mass is 866 g/mol. The van der Waals surface area contributed by atoms with Crippen molar-refractivity contribution in [3.63, 3.8) is 0 Å². The molecule has 0 amide bonds. The molecule has 0 fully saturated rings. The van der Waals surface area contributed by atoms with Crippen LogP contribution in [0.5, 0.6) is 23.0 Å². The zero-order valence-electron chi connectivity index (χ0n) is 37.1. The third-order valence-electron chi connectivity index (χ3n) is 10.9. The summed E-state index contributed by atoms with van der Waals surface area (Å²) >= 11 is 0. The summed E-state index contributed by atoms with van der Waals surface area (Å²) < 4.78 is 57.9. The van der Waals surface area contributed by atoms with Gasteiger partial charge in [0, 0.05) is 23.3 Å². The average molecular weight is 867 g/mol. The third-order valence-corrected chi connectivity index (χ3v) is 10.9. The van der Waals surface area contributed by atoms with Crippen LogP contribution in [-0.4, -0.2) is 35.3 Å². The van der Waals surface area contributed by atoms with Crippen LogP contribution in [0.25, 0.3) is 22.9 Å². The highest BCUT2D eigenvalue weighted by atomic mass is 19.1. The van der Waals surface area contributed by atoms with Gasteiger partial charge in [-0.05, 0) is 85.6 Å². The van der Waals surface area contributed by atoms with E-state index in [1.807, 2.05) is 0 Å². The minimum absolute atomic E-state index is 0.200. The van der Waals surface area contributed by atoms with Gasteiger partial charge in [0.1, 0.15) is 34.6 Å². The van der Waals surface area contributed by atoms with Crippen molar-refractivity contribution in [2.75, 3.05) is 13.2 Å². The topological polar surface area (TPSA) is 110 Å². The Morgan fingerprint density at radius 1 is 0.444 bits per heavy atom. The lowest BCUT2D eigenvalue weighted by atomic mass is 10.1. The second kappa shape index (κ2) is 27.5. The Kier molecular flexibility index (Phi) is 21.1. The van der Waals surface area contributed by atoms with E-state index in [-0.39, 0.29) is 34.4 Å². The van der Waals surface area contributed by atoms with Gasteiger partial charge in [0.05, 0.1) is 24.3 Å². The first-order chi connectivity index (χ1) is 30.8. The van der Waals surface area contributed by atoms with Crippen LogP contribution in [0.15, 0.2) is 89.3 Å². The zero-order chi connectivity index (χ0) is 44.5. The summed E-state index contributed by atoms with van der Waals surface area (Å²) in [4.78, 5) is 25.6. The maximum absolute atomic E-state index is 14.9. The van der Waals surface area contributed by atoms with Gasteiger partial charge >= 0.3 is 11.9 Å². The van der Waals surface area contributed by atoms with E-state index in [1.54, 1.807) is 60.7 Å². The molecule has 0 radical (unpaired) electrons. The van der Waals surface area contributed by atoms with E-state index in [1.165, 1.54) is 127 Å². The molecule has 0 atom stereocenters. The highest BCUT2D eigenvalue weighted by molar-refractivity contribution is 5.92. The lowest BCUT2D eigenvalue weighted by Crippen LogP contribution is -2.11. The van der Waals surface area contributed by atoms with E-state index in [9.17, 15) is 18.4 Å². The molecule has 0 saturated heterocycles. The number of hydrogen-bond acceptors (Lipinski definition) is 9. The minimum atomic E-state index is -0.835. The molecule has 338 valence electrons. The molecular weight excluding hydrogens is 803 g/mol. The second-order valence-corrected chi connectivity index (χ2v) is 16.1. The Bertz CT molecular complexity index is 1960. The van der Waals surface area contributed by atoms with Crippen LogP contribution in [0.3, 0.4) is 0 Å². The SMILES string of the molecule is CCCCCCCCCCCCOc1ccc(C(=O)Oc2ccc(-c3nnc(-c4ccc(OC(=O)c5ccc(OCCCCCCCCCCCC)cc5F)cc4)o3)cc2)c(F)c1. The summed E-state index contributed by atoms with van der Waals surface area (Å²) in [5.74, 6) is -1.53. The molecule has 0 aliphatic heterocycles. The number of aromatic nitrogens is 2. The molecule has 11 heteroatoms. The number of nitrogens with zero attached hydrogens (tertiary/aromatic N) is 2. The first kappa shape index (κ1) is 48.5. The predicted molar refractivity (Wildman–Crippen MR) is 243 cm³/mol. The van der Waals surface area contributed by atoms with Gasteiger partial charge in [-0.1, -0.05) is 129 Å². The summed E-state index contributed by atoms with van der Waals surface area (Å²) in [6.07, 6.45) is 24.4. The standard InChI is InChI=1S/C52H64F2N2O7/c1-3-5-7-9-11-13-15-17-19-21-35-59-43-31-33-45(47(53)37-43)51(57)61-41-27-23-39(24-28-41)49-55-56-50(63-49)40-25-29-42(30-26-40)62-52(58)46-34-32-44(38-48(46)54)60-36-22-20-18-16-14-12-10-8-6-4-2/h23-34,37-38H,3-22,35-36H2,1-2H3. The van der Waals surface area contributed by atoms with Crippen molar-refractivity contribution >= 4 is 11.9 Å². The van der Waals surface area contributed by atoms with Crippen molar-refractivity contribution in [1.29, 1.82) is 0 Å². The van der Waals surface area contributed by atoms with Crippen molar-refractivity contribution in [3.05, 3.63) is 108 Å². The Labute approximate surface area is 371 Å². The molecule has 0 aliphatic rings. The van der Waals surface area contributed by atoms with Crippen molar-refractivity contribution in [3.8, 4) is 45.9 Å². The van der Waals surface area contributed by atoms with Gasteiger partial charge in [0.25, 0.3) is 0 Å². The minimum Gasteiger partial charge on any atom is -0.493 e. The summed E-state index contributed by atoms with van der Waals surface area (Å²) in [5, 5.41) is 8.26. The fraction of sp³-hybridized carbons (Fsp3) is 0.462. The maximum atomic E-state index is 14.9. The van der Waals surface area contributed by atoms with E-state index in [0.717, 1.165) is 25.7 Å². The van der Waals surface area contributed by atoms with Crippen LogP contribution in [0.1, 0.15) is 163 Å². The van der Waals surface area contributed by atoms with Crippen molar-refractivity contribution in [2.45, 2.75) is 142 Å². The lowest BCUT2D eigenvalue weighted by Gasteiger charge is -2.09. The van der Waals surface area contributed by atoms with Gasteiger partial charge in [0.15, 0.2) is 0 Å². The number of carbonyl (C=O) groups excluding carboxylic acids is 2. The molecule has 0 N–H and O–H groups in total. The molecule has 1 heterocycles. The van der Waals surface area contributed by atoms with E-state index < -0.39 is 23.6 Å². The van der Waals surface area contributed by atoms with E-state index >= 15 is 0 Å². The van der Waals surface area contributed by atoms with Crippen molar-refractivity contribution < 1.29 is 41.7 Å². The average Bonchev–Trinajstić information content (AvgIpc) is 3.78. The molecule has 0 saturated carbocycles. The van der Waals surface area contributed by atoms with E-state index in [4.69, 9.17) is 23.4 Å². The van der Waals surface area contributed by atoms with Gasteiger partial charge in [-0.3, -0.25) is 0 Å². The van der Waals surface area contributed by atoms with Crippen LogP contribution in [-0.2, 0) is 0 Å². The number of carbonyl (C=O) groups is 2. The van der Waals surface area contributed by atoms with E-state index in [0.29, 0.717) is 35.8 Å². The number of hydrogen-bond donors (Lipinski definition) is 0. The molecule has 0 spiro atoms. The number of rotatable bonds is 30. The smallest absolute Gasteiger partial charge is 0.346 e. The number of ether oxygens (including phenoxy) is 4. The fourth-order valence-corrected chi connectivity index (χ4v) is 7.17. The molecule has 0 unspecified atom stereocenters. The normalized spacial score (nSPS) is 11.1. The lowest BCUT2D eigenvalue weighted by molar-refractivity contribution is 0.0719. The number of esters is 2. The maximum Gasteiger partial charge on any atom is 0.346 e. The molecule has 9 nitrogen and oxygen atoms in total. The number of halogens is 2. The number of unbranched alkanes of at least 4 members (excludes halogenated alkanes) is 18. The highest BCUT2D eigenvalue weighted by Gasteiger charge is 2.18. The molecule has 63 heavy (non-hydrogen) atoms. The van der Waals surface area contributed by atoms with Crippen LogP contribution in [0.4, 0.5) is 8.78 Å². The third kappa shape index (κ3) is 16.9. The van der Waals surface area contributed by atoms with Gasteiger partial charge in [-0.15, -0.1) is 10.2 Å². The summed E-state index contributed by atoms with van der Waals surface area (Å²) in [7, 11) is 0. The van der Waals surface area contributed by atoms with Crippen molar-refractivity contribution in [2.24, 2.45) is 0 Å². The van der Waals surface area contributed by atoms with Gasteiger partial charge < -0.3 is 23.4 Å². The quantitative estimate of drug-likeness (QED) is 0.0253. The summed E-state index contributed by atoms with van der Waals surface area (Å²) in [6, 6.07) is 21.0. The summed E-state index contributed by atoms with van der Waals surface area (Å²) in [5.41, 5.74) is 0.723. The zero-order valence-corrected chi connectivity index (χ0v) is 37.1. The molecule has 4 aromatic carbocycles. The van der Waals surface area contributed by atoms with Crippen molar-refractivity contribution in [1.82, 2.24) is 10.2 Å². The van der Waals surface area contributed by atoms with Gasteiger partial charge in [0.2, 0.25) is 11.8 Å². The molecule has 5 rings (SSSR count). The fourth-order valence-electron chi connectivity index (χ4n) is 7.17. The van der Waals surface area contributed by atoms with Crippen LogP contribution < -0.4 is 18.9 Å². The number of benzene rings is 4. The van der Waals surface area contributed by atoms with E-state index in [2.05, 4.69) is 24.0 Å². The molecular formula is C52H64F2N2O7.